The smallest absolute Gasteiger partial charge is 0.852 e. The van der Waals surface area contributed by atoms with Crippen LogP contribution in [0.3, 0.4) is 0 Å². The first kappa shape index (κ1) is 168. The molecule has 0 bridgehead atoms. The van der Waals surface area contributed by atoms with Crippen molar-refractivity contribution >= 4 is 0 Å². The molecule has 0 aliphatic rings. The maximum atomic E-state index is 9.53. The van der Waals surface area contributed by atoms with Gasteiger partial charge in [-0.2, -0.15) is 0 Å². The summed E-state index contributed by atoms with van der Waals surface area (Å²) in [7, 11) is 0. The summed E-state index contributed by atoms with van der Waals surface area (Å²) in [6.45, 7) is 64.4. The van der Waals surface area contributed by atoms with Crippen LogP contribution in [0.4, 0.5) is 0 Å². The van der Waals surface area contributed by atoms with E-state index < -0.39 is 122 Å². The van der Waals surface area contributed by atoms with Gasteiger partial charge in [0.2, 0.25) is 0 Å². The van der Waals surface area contributed by atoms with E-state index in [0.717, 1.165) is 0 Å². The predicted octanol–water partition coefficient (Wildman–Crippen LogP) is -4.91. The van der Waals surface area contributed by atoms with Crippen LogP contribution in [-0.2, 0) is 109 Å². The monoisotopic (exact) mass is 1420 g/mol. The van der Waals surface area contributed by atoms with Gasteiger partial charge >= 0.3 is 109 Å². The summed E-state index contributed by atoms with van der Waals surface area (Å²) in [6, 6.07) is 0. The van der Waals surface area contributed by atoms with Gasteiger partial charge in [0.1, 0.15) is 0 Å². The SMILES string of the molecule is CC(C)[O-].CC(C)[O-].CC(C)[O-].CC(C)[O-].CC(C)[O-].CC(C)[O-].CC(C)[O-].CC(C)[O-].CC(C)[O-].CC(C)[O-].CC(C)[O-].CC(C)[O-].CC(C)[O-].CC(C)[O-].CC(C)[O-].CC(C)[O-].CC(C)[O-].CC(C)[O-].CC(C)[O-].CC(C)[O-].[Ti+4].[Ti+4].[Ti+4].[Ti+4].[Ti+4]. The van der Waals surface area contributed by atoms with Gasteiger partial charge in [0, 0.05) is 0 Å². The van der Waals surface area contributed by atoms with Crippen molar-refractivity contribution in [2.45, 2.75) is 399 Å². The van der Waals surface area contributed by atoms with Crippen LogP contribution in [0.1, 0.15) is 277 Å². The Bertz CT molecular complexity index is 447. The van der Waals surface area contributed by atoms with Crippen molar-refractivity contribution in [1.82, 2.24) is 0 Å². The van der Waals surface area contributed by atoms with Gasteiger partial charge in [-0.05, 0) is 0 Å². The van der Waals surface area contributed by atoms with Crippen LogP contribution in [0.2, 0.25) is 0 Å². The molecular weight excluding hydrogens is 1280 g/mol. The molecule has 0 atom stereocenters. The molecule has 0 aromatic rings. The van der Waals surface area contributed by atoms with E-state index in [-0.39, 0.29) is 109 Å². The Balaban J connectivity index is -0.0000000193. The molecule has 20 nitrogen and oxygen atoms in total. The van der Waals surface area contributed by atoms with E-state index in [1.165, 1.54) is 0 Å². The van der Waals surface area contributed by atoms with E-state index in [9.17, 15) is 102 Å². The molecule has 0 N–H and O–H groups in total. The minimum absolute atomic E-state index is 0. The largest absolute Gasteiger partial charge is 4.00 e. The number of rotatable bonds is 0. The van der Waals surface area contributed by atoms with E-state index in [2.05, 4.69) is 0 Å². The molecule has 0 aromatic carbocycles. The molecule has 0 unspecified atom stereocenters. The van der Waals surface area contributed by atoms with Gasteiger partial charge < -0.3 is 102 Å². The Morgan fingerprint density at radius 3 is 0.0824 bits per heavy atom. The van der Waals surface area contributed by atoms with Gasteiger partial charge in [0.25, 0.3) is 0 Å². The number of hydrogen-bond donors (Lipinski definition) is 0. The van der Waals surface area contributed by atoms with Crippen molar-refractivity contribution in [1.29, 1.82) is 0 Å². The molecule has 25 heteroatoms. The summed E-state index contributed by atoms with van der Waals surface area (Å²) >= 11 is 0. The van der Waals surface area contributed by atoms with Crippen molar-refractivity contribution in [2.24, 2.45) is 0 Å². The average molecular weight is 1420 g/mol. The first-order valence-electron chi connectivity index (χ1n) is 27.8. The second-order valence-electron chi connectivity index (χ2n) is 21.0. The molecule has 0 radical (unpaired) electrons. The van der Waals surface area contributed by atoms with Crippen LogP contribution >= 0.6 is 0 Å². The van der Waals surface area contributed by atoms with Gasteiger partial charge in [-0.15, -0.1) is 122 Å². The zero-order chi connectivity index (χ0) is 71.5. The molecule has 0 aromatic heterocycles. The third-order valence-electron chi connectivity index (χ3n) is 0. The minimum atomic E-state index is -0.417. The Labute approximate surface area is 604 Å². The molecular formula is C60H140O20Ti5. The van der Waals surface area contributed by atoms with Crippen molar-refractivity contribution in [3.8, 4) is 0 Å². The predicted molar refractivity (Wildman–Crippen MR) is 303 cm³/mol. The first-order chi connectivity index (χ1) is 34.6. The standard InChI is InChI=1S/20C3H7O.5Ti/c20*1-3(2)4;;;;;/h20*3H,1-2H3;;;;;/q20*-1;5*+4. The zero-order valence-corrected chi connectivity index (χ0v) is 70.0. The second-order valence-corrected chi connectivity index (χ2v) is 21.0. The van der Waals surface area contributed by atoms with Crippen molar-refractivity contribution in [3.05, 3.63) is 0 Å². The molecule has 0 saturated carbocycles. The summed E-state index contributed by atoms with van der Waals surface area (Å²) in [5.74, 6) is 0. The molecule has 0 rings (SSSR count). The maximum absolute atomic E-state index is 9.53. The van der Waals surface area contributed by atoms with E-state index in [0.29, 0.717) is 0 Å². The Hall–Kier alpha value is 2.77. The quantitative estimate of drug-likeness (QED) is 0.205. The minimum Gasteiger partial charge on any atom is -0.852 e. The second kappa shape index (κ2) is 162. The van der Waals surface area contributed by atoms with Crippen molar-refractivity contribution < 1.29 is 211 Å². The third kappa shape index (κ3) is 81200. The fraction of sp³-hybridized carbons (Fsp3) is 1.00. The maximum Gasteiger partial charge on any atom is 4.00 e. The van der Waals surface area contributed by atoms with Crippen LogP contribution in [0.15, 0.2) is 0 Å². The normalized spacial score (nSPS) is 8.47. The van der Waals surface area contributed by atoms with E-state index in [4.69, 9.17) is 0 Å². The Kier molecular flexibility index (Phi) is 320. The molecule has 0 amide bonds. The molecule has 0 heterocycles. The van der Waals surface area contributed by atoms with Crippen LogP contribution in [0.25, 0.3) is 0 Å². The zero-order valence-electron chi connectivity index (χ0n) is 62.2. The summed E-state index contributed by atoms with van der Waals surface area (Å²) in [6.07, 6.45) is -8.33. The van der Waals surface area contributed by atoms with E-state index in [1.807, 2.05) is 0 Å². The van der Waals surface area contributed by atoms with E-state index in [1.54, 1.807) is 277 Å². The van der Waals surface area contributed by atoms with Crippen molar-refractivity contribution in [2.75, 3.05) is 0 Å². The summed E-state index contributed by atoms with van der Waals surface area (Å²) in [4.78, 5) is 0. The molecule has 520 valence electrons. The van der Waals surface area contributed by atoms with Crippen LogP contribution < -0.4 is 102 Å². The fourth-order valence-electron chi connectivity index (χ4n) is 0. The summed E-state index contributed by atoms with van der Waals surface area (Å²) in [5, 5.41) is 191. The molecule has 85 heavy (non-hydrogen) atoms. The van der Waals surface area contributed by atoms with Gasteiger partial charge in [0.05, 0.1) is 0 Å². The van der Waals surface area contributed by atoms with Crippen LogP contribution in [0.5, 0.6) is 0 Å². The van der Waals surface area contributed by atoms with Gasteiger partial charge in [-0.3, -0.25) is 0 Å². The Morgan fingerprint density at radius 2 is 0.0824 bits per heavy atom. The average Bonchev–Trinajstić information content (AvgIpc) is 2.99. The van der Waals surface area contributed by atoms with Gasteiger partial charge in [-0.1, -0.05) is 277 Å². The Morgan fingerprint density at radius 1 is 0.0824 bits per heavy atom. The van der Waals surface area contributed by atoms with Crippen LogP contribution in [-0.4, -0.2) is 122 Å². The third-order valence-corrected chi connectivity index (χ3v) is 0. The molecule has 0 aliphatic carbocycles. The molecule has 0 aliphatic heterocycles. The van der Waals surface area contributed by atoms with Gasteiger partial charge in [-0.25, -0.2) is 0 Å². The molecule has 0 fully saturated rings. The van der Waals surface area contributed by atoms with Crippen LogP contribution in [0, 0.1) is 0 Å². The van der Waals surface area contributed by atoms with Gasteiger partial charge in [0.15, 0.2) is 0 Å². The topological polar surface area (TPSA) is 461 Å². The molecule has 0 saturated heterocycles. The van der Waals surface area contributed by atoms with Crippen molar-refractivity contribution in [3.63, 3.8) is 0 Å². The summed E-state index contributed by atoms with van der Waals surface area (Å²) < 4.78 is 0. The first-order valence-corrected chi connectivity index (χ1v) is 27.8. The number of hydrogen-bond acceptors (Lipinski definition) is 20. The van der Waals surface area contributed by atoms with E-state index >= 15 is 0 Å². The molecule has 0 spiro atoms. The fourth-order valence-corrected chi connectivity index (χ4v) is 0. The summed E-state index contributed by atoms with van der Waals surface area (Å²) in [5.41, 5.74) is 0.